The molecule has 0 saturated carbocycles. The molecule has 2 aromatic rings. The first-order valence-corrected chi connectivity index (χ1v) is 7.39. The van der Waals surface area contributed by atoms with Gasteiger partial charge in [0, 0.05) is 6.42 Å². The van der Waals surface area contributed by atoms with E-state index in [-0.39, 0.29) is 0 Å². The van der Waals surface area contributed by atoms with E-state index in [4.69, 9.17) is 9.78 Å². The number of hydrogen-bond acceptors (Lipinski definition) is 4. The molecule has 0 radical (unpaired) electrons. The molecule has 0 aliphatic heterocycles. The Kier molecular flexibility index (Phi) is 4.57. The summed E-state index contributed by atoms with van der Waals surface area (Å²) >= 11 is 1.66. The molecule has 0 aliphatic carbocycles. The lowest BCUT2D eigenvalue weighted by atomic mass is 9.99. The van der Waals surface area contributed by atoms with Crippen LogP contribution in [0.25, 0.3) is 0 Å². The lowest BCUT2D eigenvalue weighted by molar-refractivity contribution is -0.306. The van der Waals surface area contributed by atoms with Gasteiger partial charge in [0.25, 0.3) is 0 Å². The Morgan fingerprint density at radius 2 is 1.90 bits per heavy atom. The normalized spacial score (nSPS) is 11.3. The van der Waals surface area contributed by atoms with Crippen molar-refractivity contribution in [2.75, 3.05) is 0 Å². The average Bonchev–Trinajstić information content (AvgIpc) is 2.82. The Morgan fingerprint density at radius 1 is 1.20 bits per heavy atom. The Balaban J connectivity index is 1.92. The van der Waals surface area contributed by atoms with Gasteiger partial charge in [-0.25, -0.2) is 4.79 Å². The first-order valence-electron chi connectivity index (χ1n) is 6.45. The topological polar surface area (TPSA) is 35.5 Å². The van der Waals surface area contributed by atoms with Crippen molar-refractivity contribution in [1.82, 2.24) is 0 Å². The van der Waals surface area contributed by atoms with Crippen LogP contribution in [0.2, 0.25) is 0 Å². The van der Waals surface area contributed by atoms with Crippen molar-refractivity contribution in [2.24, 2.45) is 0 Å². The quantitative estimate of drug-likeness (QED) is 0.612. The number of aryl methyl sites for hydroxylation is 1. The summed E-state index contributed by atoms with van der Waals surface area (Å²) in [5.74, 6) is -0.472. The molecule has 0 bridgehead atoms. The summed E-state index contributed by atoms with van der Waals surface area (Å²) in [7, 11) is 0. The molecule has 3 nitrogen and oxygen atoms in total. The van der Waals surface area contributed by atoms with Gasteiger partial charge < -0.3 is 0 Å². The largest absolute Gasteiger partial charge is 0.373 e. The second kappa shape index (κ2) is 6.20. The predicted molar refractivity (Wildman–Crippen MR) is 79.8 cm³/mol. The van der Waals surface area contributed by atoms with Crippen LogP contribution in [0.5, 0.6) is 0 Å². The molecule has 106 valence electrons. The number of thiophene rings is 1. The molecular formula is C16H18O3S. The molecule has 0 unspecified atom stereocenters. The molecule has 0 amide bonds. The summed E-state index contributed by atoms with van der Waals surface area (Å²) in [5.41, 5.74) is 2.38. The highest BCUT2D eigenvalue weighted by Gasteiger charge is 2.24. The number of hydrogen-bond donors (Lipinski definition) is 0. The van der Waals surface area contributed by atoms with E-state index in [2.05, 4.69) is 17.7 Å². The third-order valence-corrected chi connectivity index (χ3v) is 3.84. The van der Waals surface area contributed by atoms with E-state index in [0.717, 1.165) is 0 Å². The van der Waals surface area contributed by atoms with Crippen LogP contribution in [-0.2, 0) is 16.2 Å². The van der Waals surface area contributed by atoms with Crippen molar-refractivity contribution in [3.63, 3.8) is 0 Å². The van der Waals surface area contributed by atoms with Crippen molar-refractivity contribution in [2.45, 2.75) is 32.8 Å². The van der Waals surface area contributed by atoms with Crippen molar-refractivity contribution in [3.8, 4) is 0 Å². The van der Waals surface area contributed by atoms with Crippen LogP contribution >= 0.6 is 11.3 Å². The number of carbonyl (C=O) groups excluding carboxylic acids is 1. The van der Waals surface area contributed by atoms with Gasteiger partial charge in [-0.1, -0.05) is 18.2 Å². The SMILES string of the molecule is Cc1cscc1CC(C)(C)OOC(=O)c1ccccc1. The maximum Gasteiger partial charge on any atom is 0.373 e. The van der Waals surface area contributed by atoms with Gasteiger partial charge in [-0.05, 0) is 54.8 Å². The van der Waals surface area contributed by atoms with E-state index in [0.29, 0.717) is 12.0 Å². The van der Waals surface area contributed by atoms with Crippen LogP contribution in [-0.4, -0.2) is 11.6 Å². The Hall–Kier alpha value is -1.65. The molecule has 0 atom stereocenters. The first-order chi connectivity index (χ1) is 9.48. The second-order valence-corrected chi connectivity index (χ2v) is 6.08. The van der Waals surface area contributed by atoms with E-state index in [1.54, 1.807) is 35.6 Å². The minimum Gasteiger partial charge on any atom is -0.292 e. The highest BCUT2D eigenvalue weighted by atomic mass is 32.1. The van der Waals surface area contributed by atoms with Gasteiger partial charge in [0.05, 0.1) is 5.56 Å². The molecule has 0 saturated heterocycles. The minimum atomic E-state index is -0.559. The zero-order valence-corrected chi connectivity index (χ0v) is 12.7. The Bertz CT molecular complexity index is 572. The molecule has 0 fully saturated rings. The van der Waals surface area contributed by atoms with Crippen molar-refractivity contribution < 1.29 is 14.6 Å². The van der Waals surface area contributed by atoms with Crippen LogP contribution in [0.4, 0.5) is 0 Å². The van der Waals surface area contributed by atoms with Crippen LogP contribution < -0.4 is 0 Å². The van der Waals surface area contributed by atoms with Crippen LogP contribution in [0.3, 0.4) is 0 Å². The van der Waals surface area contributed by atoms with Crippen molar-refractivity contribution in [3.05, 3.63) is 57.8 Å². The lowest BCUT2D eigenvalue weighted by Crippen LogP contribution is -2.29. The Morgan fingerprint density at radius 3 is 2.50 bits per heavy atom. The van der Waals surface area contributed by atoms with Crippen molar-refractivity contribution in [1.29, 1.82) is 0 Å². The molecule has 1 heterocycles. The smallest absolute Gasteiger partial charge is 0.292 e. The van der Waals surface area contributed by atoms with Crippen LogP contribution in [0.15, 0.2) is 41.1 Å². The lowest BCUT2D eigenvalue weighted by Gasteiger charge is -2.22. The zero-order chi connectivity index (χ0) is 14.6. The van der Waals surface area contributed by atoms with Crippen molar-refractivity contribution >= 4 is 17.3 Å². The number of rotatable bonds is 5. The molecule has 0 aliphatic rings. The molecule has 2 rings (SSSR count). The van der Waals surface area contributed by atoms with Gasteiger partial charge in [-0.3, -0.25) is 4.89 Å². The summed E-state index contributed by atoms with van der Waals surface area (Å²) in [5, 5.41) is 4.20. The maximum atomic E-state index is 11.8. The fourth-order valence-corrected chi connectivity index (χ4v) is 2.69. The predicted octanol–water partition coefficient (Wildman–Crippen LogP) is 4.17. The second-order valence-electron chi connectivity index (χ2n) is 5.34. The minimum absolute atomic E-state index is 0.472. The Labute approximate surface area is 123 Å². The molecule has 0 spiro atoms. The van der Waals surface area contributed by atoms with E-state index in [9.17, 15) is 4.79 Å². The van der Waals surface area contributed by atoms with Gasteiger partial charge >= 0.3 is 5.97 Å². The highest BCUT2D eigenvalue weighted by Crippen LogP contribution is 2.23. The maximum absolute atomic E-state index is 11.8. The average molecular weight is 290 g/mol. The zero-order valence-electron chi connectivity index (χ0n) is 11.9. The van der Waals surface area contributed by atoms with Gasteiger partial charge in [0.15, 0.2) is 0 Å². The molecule has 0 N–H and O–H groups in total. The fourth-order valence-electron chi connectivity index (χ4n) is 1.83. The van der Waals surface area contributed by atoms with Gasteiger partial charge in [0.2, 0.25) is 0 Å². The molecule has 4 heteroatoms. The third-order valence-electron chi connectivity index (χ3n) is 2.93. The van der Waals surface area contributed by atoms with E-state index in [1.165, 1.54) is 11.1 Å². The molecule has 1 aromatic heterocycles. The van der Waals surface area contributed by atoms with E-state index < -0.39 is 11.6 Å². The summed E-state index contributed by atoms with van der Waals surface area (Å²) in [6, 6.07) is 8.82. The molecule has 1 aromatic carbocycles. The highest BCUT2D eigenvalue weighted by molar-refractivity contribution is 7.08. The van der Waals surface area contributed by atoms with Gasteiger partial charge in [-0.15, -0.1) is 0 Å². The summed E-state index contributed by atoms with van der Waals surface area (Å²) in [6.07, 6.45) is 0.699. The summed E-state index contributed by atoms with van der Waals surface area (Å²) in [6.45, 7) is 5.88. The van der Waals surface area contributed by atoms with Crippen LogP contribution in [0, 0.1) is 6.92 Å². The fraction of sp³-hybridized carbons (Fsp3) is 0.312. The standard InChI is InChI=1S/C16H18O3S/c1-12-10-20-11-14(12)9-16(2,3)19-18-15(17)13-7-5-4-6-8-13/h4-8,10-11H,9H2,1-3H3. The van der Waals surface area contributed by atoms with Gasteiger partial charge in [0.1, 0.15) is 5.60 Å². The number of carbonyl (C=O) groups is 1. The third kappa shape index (κ3) is 3.92. The monoisotopic (exact) mass is 290 g/mol. The number of benzene rings is 1. The van der Waals surface area contributed by atoms with Gasteiger partial charge in [-0.2, -0.15) is 16.2 Å². The van der Waals surface area contributed by atoms with Crippen LogP contribution in [0.1, 0.15) is 35.3 Å². The molecule has 20 heavy (non-hydrogen) atoms. The summed E-state index contributed by atoms with van der Waals surface area (Å²) in [4.78, 5) is 22.1. The summed E-state index contributed by atoms with van der Waals surface area (Å²) < 4.78 is 0. The van der Waals surface area contributed by atoms with E-state index in [1.807, 2.05) is 19.9 Å². The molecular weight excluding hydrogens is 272 g/mol. The first kappa shape index (κ1) is 14.8. The van der Waals surface area contributed by atoms with E-state index >= 15 is 0 Å².